The Morgan fingerprint density at radius 3 is 2.83 bits per heavy atom. The zero-order chi connectivity index (χ0) is 20.5. The molecule has 0 aliphatic carbocycles. The van der Waals surface area contributed by atoms with E-state index in [0.29, 0.717) is 43.2 Å². The first kappa shape index (κ1) is 20.4. The fourth-order valence-electron chi connectivity index (χ4n) is 5.74. The average Bonchev–Trinajstić information content (AvgIpc) is 3.00. The van der Waals surface area contributed by atoms with Crippen molar-refractivity contribution in [2.75, 3.05) is 19.6 Å². The third kappa shape index (κ3) is 4.06. The molecule has 4 atom stereocenters. The molecule has 7 nitrogen and oxygen atoms in total. The molecule has 3 aliphatic rings. The third-order valence-electron chi connectivity index (χ3n) is 7.29. The van der Waals surface area contributed by atoms with Gasteiger partial charge in [0.15, 0.2) is 0 Å². The molecular formula is C22H35N5O2. The van der Waals surface area contributed by atoms with Crippen molar-refractivity contribution < 1.29 is 9.59 Å². The Morgan fingerprint density at radius 2 is 2.10 bits per heavy atom. The van der Waals surface area contributed by atoms with Gasteiger partial charge in [0.1, 0.15) is 0 Å². The van der Waals surface area contributed by atoms with E-state index in [-0.39, 0.29) is 11.9 Å². The van der Waals surface area contributed by atoms with E-state index < -0.39 is 0 Å². The molecule has 0 unspecified atom stereocenters. The normalized spacial score (nSPS) is 29.6. The molecule has 0 saturated carbocycles. The number of fused-ring (bicyclic) bond motifs is 4. The molecule has 3 fully saturated rings. The predicted molar refractivity (Wildman–Crippen MR) is 111 cm³/mol. The first-order valence-corrected chi connectivity index (χ1v) is 11.3. The maximum absolute atomic E-state index is 12.8. The smallest absolute Gasteiger partial charge is 0.223 e. The van der Waals surface area contributed by atoms with Gasteiger partial charge in [-0.25, -0.2) is 0 Å². The molecule has 3 aliphatic heterocycles. The number of nitrogens with one attached hydrogen (secondary N) is 1. The average molecular weight is 402 g/mol. The summed E-state index contributed by atoms with van der Waals surface area (Å²) in [6.45, 7) is 7.69. The molecule has 1 N–H and O–H groups in total. The van der Waals surface area contributed by atoms with Gasteiger partial charge >= 0.3 is 0 Å². The largest absolute Gasteiger partial charge is 0.354 e. The molecule has 1 aromatic heterocycles. The zero-order valence-electron chi connectivity index (χ0n) is 18.1. The van der Waals surface area contributed by atoms with Gasteiger partial charge in [0, 0.05) is 63.4 Å². The minimum absolute atomic E-state index is 0.106. The first-order valence-electron chi connectivity index (χ1n) is 11.3. The quantitative estimate of drug-likeness (QED) is 0.790. The Balaban J connectivity index is 1.51. The highest BCUT2D eigenvalue weighted by Crippen LogP contribution is 2.41. The molecule has 160 valence electrons. The van der Waals surface area contributed by atoms with Crippen LogP contribution in [0.5, 0.6) is 0 Å². The van der Waals surface area contributed by atoms with Crippen LogP contribution >= 0.6 is 0 Å². The number of aromatic nitrogens is 2. The SMILES string of the molecule is CCCC(=O)NC[C@H]1[C@H]2C[C@H](CN(Cc3cnn(C)c3C)C2)[C@@H]2CCCC(=O)N21. The minimum Gasteiger partial charge on any atom is -0.354 e. The van der Waals surface area contributed by atoms with Crippen molar-refractivity contribution >= 4 is 11.8 Å². The zero-order valence-corrected chi connectivity index (χ0v) is 18.1. The van der Waals surface area contributed by atoms with Gasteiger partial charge in [-0.05, 0) is 44.4 Å². The highest BCUT2D eigenvalue weighted by molar-refractivity contribution is 5.78. The van der Waals surface area contributed by atoms with Crippen LogP contribution in [0.1, 0.15) is 56.7 Å². The lowest BCUT2D eigenvalue weighted by Gasteiger charge is -2.56. The molecule has 4 heterocycles. The van der Waals surface area contributed by atoms with Crippen LogP contribution in [0, 0.1) is 18.8 Å². The van der Waals surface area contributed by atoms with E-state index >= 15 is 0 Å². The van der Waals surface area contributed by atoms with Gasteiger partial charge in [0.25, 0.3) is 0 Å². The number of likely N-dealkylation sites (tertiary alicyclic amines) is 1. The third-order valence-corrected chi connectivity index (χ3v) is 7.29. The summed E-state index contributed by atoms with van der Waals surface area (Å²) < 4.78 is 1.94. The van der Waals surface area contributed by atoms with Crippen molar-refractivity contribution in [1.29, 1.82) is 0 Å². The summed E-state index contributed by atoms with van der Waals surface area (Å²) in [4.78, 5) is 29.7. The van der Waals surface area contributed by atoms with Crippen molar-refractivity contribution in [3.63, 3.8) is 0 Å². The van der Waals surface area contributed by atoms with Gasteiger partial charge < -0.3 is 10.2 Å². The minimum atomic E-state index is 0.106. The second-order valence-electron chi connectivity index (χ2n) is 9.21. The van der Waals surface area contributed by atoms with Gasteiger partial charge in [-0.1, -0.05) is 6.92 Å². The summed E-state index contributed by atoms with van der Waals surface area (Å²) in [5.41, 5.74) is 2.51. The maximum atomic E-state index is 12.8. The Bertz CT molecular complexity index is 760. The van der Waals surface area contributed by atoms with Crippen LogP contribution in [0.25, 0.3) is 0 Å². The Hall–Kier alpha value is -1.89. The van der Waals surface area contributed by atoms with E-state index in [9.17, 15) is 9.59 Å². The molecule has 1 aromatic rings. The maximum Gasteiger partial charge on any atom is 0.223 e. The number of carbonyl (C=O) groups is 2. The Labute approximate surface area is 173 Å². The monoisotopic (exact) mass is 401 g/mol. The number of nitrogens with zero attached hydrogens (tertiary/aromatic N) is 4. The van der Waals surface area contributed by atoms with E-state index in [2.05, 4.69) is 27.1 Å². The lowest BCUT2D eigenvalue weighted by atomic mass is 9.72. The molecular weight excluding hydrogens is 366 g/mol. The highest BCUT2D eigenvalue weighted by Gasteiger charge is 2.49. The summed E-state index contributed by atoms with van der Waals surface area (Å²) in [6.07, 6.45) is 7.33. The van der Waals surface area contributed by atoms with E-state index in [1.165, 1.54) is 17.7 Å². The summed E-state index contributed by atoms with van der Waals surface area (Å²) >= 11 is 0. The molecule has 4 rings (SSSR count). The number of hydrogen-bond donors (Lipinski definition) is 1. The van der Waals surface area contributed by atoms with Crippen molar-refractivity contribution in [3.05, 3.63) is 17.5 Å². The highest BCUT2D eigenvalue weighted by atomic mass is 16.2. The van der Waals surface area contributed by atoms with E-state index in [1.807, 2.05) is 24.9 Å². The van der Waals surface area contributed by atoms with Crippen LogP contribution in [-0.4, -0.2) is 63.1 Å². The second-order valence-corrected chi connectivity index (χ2v) is 9.21. The van der Waals surface area contributed by atoms with Crippen LogP contribution < -0.4 is 5.32 Å². The summed E-state index contributed by atoms with van der Waals surface area (Å²) in [5, 5.41) is 7.52. The molecule has 29 heavy (non-hydrogen) atoms. The van der Waals surface area contributed by atoms with Crippen LogP contribution in [0.4, 0.5) is 0 Å². The summed E-state index contributed by atoms with van der Waals surface area (Å²) in [6, 6.07) is 0.459. The molecule has 0 aromatic carbocycles. The summed E-state index contributed by atoms with van der Waals surface area (Å²) in [5.74, 6) is 1.36. The van der Waals surface area contributed by atoms with Crippen LogP contribution in [0.3, 0.4) is 0 Å². The predicted octanol–water partition coefficient (Wildman–Crippen LogP) is 1.85. The van der Waals surface area contributed by atoms with Crippen molar-refractivity contribution in [2.45, 2.75) is 71.0 Å². The van der Waals surface area contributed by atoms with Gasteiger partial charge in [-0.15, -0.1) is 0 Å². The molecule has 0 radical (unpaired) electrons. The molecule has 0 spiro atoms. The van der Waals surface area contributed by atoms with Crippen molar-refractivity contribution in [1.82, 2.24) is 24.9 Å². The molecule has 3 saturated heterocycles. The molecule has 2 amide bonds. The number of carbonyl (C=O) groups excluding carboxylic acids is 2. The molecule has 7 heteroatoms. The number of amides is 2. The fourth-order valence-corrected chi connectivity index (χ4v) is 5.74. The van der Waals surface area contributed by atoms with Crippen LogP contribution in [0.15, 0.2) is 6.20 Å². The van der Waals surface area contributed by atoms with Gasteiger partial charge in [-0.3, -0.25) is 19.2 Å². The second kappa shape index (κ2) is 8.46. The first-order chi connectivity index (χ1) is 14.0. The van der Waals surface area contributed by atoms with E-state index in [0.717, 1.165) is 38.9 Å². The standard InChI is InChI=1S/C22H35N5O2/c1-4-6-21(28)23-11-20-17-9-16(19-7-5-8-22(29)27(19)20)12-26(13-17)14-18-10-24-25(3)15(18)2/h10,16-17,19-20H,4-9,11-14H2,1-3H3,(H,23,28)/t16-,17+,19+,20+/m1/s1. The fraction of sp³-hybridized carbons (Fsp3) is 0.773. The number of rotatable bonds is 6. The molecule has 2 bridgehead atoms. The topological polar surface area (TPSA) is 70.5 Å². The van der Waals surface area contributed by atoms with Crippen molar-refractivity contribution in [2.24, 2.45) is 18.9 Å². The Morgan fingerprint density at radius 1 is 1.31 bits per heavy atom. The van der Waals surface area contributed by atoms with Crippen LogP contribution in [-0.2, 0) is 23.2 Å². The van der Waals surface area contributed by atoms with E-state index in [4.69, 9.17) is 0 Å². The van der Waals surface area contributed by atoms with Crippen LogP contribution in [0.2, 0.25) is 0 Å². The van der Waals surface area contributed by atoms with Gasteiger partial charge in [0.05, 0.1) is 12.2 Å². The lowest BCUT2D eigenvalue weighted by molar-refractivity contribution is -0.153. The summed E-state index contributed by atoms with van der Waals surface area (Å²) in [7, 11) is 1.99. The Kier molecular flexibility index (Phi) is 5.95. The van der Waals surface area contributed by atoms with E-state index in [1.54, 1.807) is 0 Å². The number of piperidine rings is 3. The van der Waals surface area contributed by atoms with Gasteiger partial charge in [-0.2, -0.15) is 5.10 Å². The van der Waals surface area contributed by atoms with Crippen molar-refractivity contribution in [3.8, 4) is 0 Å². The number of aryl methyl sites for hydroxylation is 1. The lowest BCUT2D eigenvalue weighted by Crippen LogP contribution is -2.67. The van der Waals surface area contributed by atoms with Gasteiger partial charge in [0.2, 0.25) is 11.8 Å². The number of hydrogen-bond acceptors (Lipinski definition) is 4.